The van der Waals surface area contributed by atoms with Gasteiger partial charge >= 0.3 is 0 Å². The molecule has 0 saturated carbocycles. The van der Waals surface area contributed by atoms with Gasteiger partial charge in [-0.1, -0.05) is 43.7 Å². The van der Waals surface area contributed by atoms with Gasteiger partial charge in [-0.3, -0.25) is 0 Å². The van der Waals surface area contributed by atoms with E-state index in [0.29, 0.717) is 6.61 Å². The predicted octanol–water partition coefficient (Wildman–Crippen LogP) is 6.00. The molecule has 0 radical (unpaired) electrons. The number of fused-ring (bicyclic) bond motifs is 1. The Balaban J connectivity index is 2.00. The van der Waals surface area contributed by atoms with E-state index in [1.54, 1.807) is 0 Å². The molecule has 0 atom stereocenters. The van der Waals surface area contributed by atoms with E-state index < -0.39 is 0 Å². The van der Waals surface area contributed by atoms with Crippen molar-refractivity contribution in [3.63, 3.8) is 0 Å². The molecule has 0 amide bonds. The first-order valence-corrected chi connectivity index (χ1v) is 9.42. The van der Waals surface area contributed by atoms with E-state index in [9.17, 15) is 0 Å². The Morgan fingerprint density at radius 2 is 1.92 bits per heavy atom. The summed E-state index contributed by atoms with van der Waals surface area (Å²) in [4.78, 5) is 0. The monoisotopic (exact) mass is 388 g/mol. The molecule has 0 bridgehead atoms. The second-order valence-electron chi connectivity index (χ2n) is 7.12. The van der Waals surface area contributed by atoms with Crippen LogP contribution in [0.25, 0.3) is 0 Å². The van der Waals surface area contributed by atoms with Crippen LogP contribution in [0, 0.1) is 6.92 Å². The third kappa shape index (κ3) is 3.32. The molecular weight excluding hydrogens is 364 g/mol. The normalized spacial score (nSPS) is 15.0. The van der Waals surface area contributed by atoms with E-state index in [-0.39, 0.29) is 5.60 Å². The predicted molar refractivity (Wildman–Crippen MR) is 102 cm³/mol. The molecule has 128 valence electrons. The van der Waals surface area contributed by atoms with Crippen LogP contribution in [0.15, 0.2) is 34.8 Å². The van der Waals surface area contributed by atoms with Crippen LogP contribution in [0.4, 0.5) is 0 Å². The Labute approximate surface area is 153 Å². The molecule has 24 heavy (non-hydrogen) atoms. The summed E-state index contributed by atoms with van der Waals surface area (Å²) in [5.41, 5.74) is 4.75. The van der Waals surface area contributed by atoms with Gasteiger partial charge in [-0.05, 0) is 54.2 Å². The highest BCUT2D eigenvalue weighted by Crippen LogP contribution is 2.48. The van der Waals surface area contributed by atoms with Gasteiger partial charge in [0, 0.05) is 17.5 Å². The molecule has 2 aromatic rings. The molecule has 2 nitrogen and oxygen atoms in total. The Hall–Kier alpha value is -1.48. The summed E-state index contributed by atoms with van der Waals surface area (Å²) in [6, 6.07) is 10.3. The van der Waals surface area contributed by atoms with Gasteiger partial charge in [-0.2, -0.15) is 0 Å². The highest BCUT2D eigenvalue weighted by molar-refractivity contribution is 9.10. The molecule has 3 heteroatoms. The van der Waals surface area contributed by atoms with Gasteiger partial charge in [-0.25, -0.2) is 0 Å². The quantitative estimate of drug-likeness (QED) is 0.624. The van der Waals surface area contributed by atoms with Crippen LogP contribution < -0.4 is 9.47 Å². The number of ether oxygens (including phenoxy) is 2. The molecule has 0 spiro atoms. The average molecular weight is 389 g/mol. The number of hydrogen-bond acceptors (Lipinski definition) is 2. The first-order valence-electron chi connectivity index (χ1n) is 8.62. The highest BCUT2D eigenvalue weighted by Gasteiger charge is 2.35. The first-order chi connectivity index (χ1) is 11.4. The lowest BCUT2D eigenvalue weighted by atomic mass is 9.94. The van der Waals surface area contributed by atoms with Crippen molar-refractivity contribution in [3.05, 3.63) is 57.1 Å². The van der Waals surface area contributed by atoms with Crippen LogP contribution in [-0.2, 0) is 19.4 Å². The lowest BCUT2D eigenvalue weighted by molar-refractivity contribution is 0.137. The molecule has 0 aromatic heterocycles. The average Bonchev–Trinajstić information content (AvgIpc) is 2.89. The van der Waals surface area contributed by atoms with Crippen molar-refractivity contribution in [3.8, 4) is 11.5 Å². The molecule has 0 fully saturated rings. The molecule has 1 aliphatic heterocycles. The second kappa shape index (κ2) is 6.79. The molecule has 3 rings (SSSR count). The lowest BCUT2D eigenvalue weighted by Crippen LogP contribution is -2.24. The van der Waals surface area contributed by atoms with Gasteiger partial charge in [-0.15, -0.1) is 0 Å². The number of halogens is 1. The summed E-state index contributed by atoms with van der Waals surface area (Å²) >= 11 is 3.79. The third-order valence-electron chi connectivity index (χ3n) is 4.51. The van der Waals surface area contributed by atoms with Crippen LogP contribution in [0.1, 0.15) is 49.4 Å². The maximum atomic E-state index is 6.30. The summed E-state index contributed by atoms with van der Waals surface area (Å²) in [6.07, 6.45) is 2.96. The van der Waals surface area contributed by atoms with Gasteiger partial charge in [0.25, 0.3) is 0 Å². The third-order valence-corrected chi connectivity index (χ3v) is 5.35. The fraction of sp³-hybridized carbons (Fsp3) is 0.429. The Bertz CT molecular complexity index is 735. The minimum Gasteiger partial charge on any atom is -0.488 e. The van der Waals surface area contributed by atoms with Gasteiger partial charge < -0.3 is 9.47 Å². The van der Waals surface area contributed by atoms with Gasteiger partial charge in [0.05, 0.1) is 4.47 Å². The van der Waals surface area contributed by atoms with E-state index in [4.69, 9.17) is 9.47 Å². The fourth-order valence-electron chi connectivity index (χ4n) is 3.36. The van der Waals surface area contributed by atoms with Crippen molar-refractivity contribution in [2.75, 3.05) is 0 Å². The molecule has 0 saturated heterocycles. The second-order valence-corrected chi connectivity index (χ2v) is 7.91. The Morgan fingerprint density at radius 1 is 1.21 bits per heavy atom. The van der Waals surface area contributed by atoms with E-state index in [0.717, 1.165) is 35.2 Å². The van der Waals surface area contributed by atoms with Crippen LogP contribution in [0.2, 0.25) is 0 Å². The molecule has 1 heterocycles. The smallest absolute Gasteiger partial charge is 0.138 e. The summed E-state index contributed by atoms with van der Waals surface area (Å²) in [7, 11) is 0. The van der Waals surface area contributed by atoms with Crippen LogP contribution in [0.3, 0.4) is 0 Å². The first kappa shape index (κ1) is 17.3. The summed E-state index contributed by atoms with van der Waals surface area (Å²) in [6.45, 7) is 9.23. The number of benzene rings is 2. The number of hydrogen-bond donors (Lipinski definition) is 0. The topological polar surface area (TPSA) is 18.5 Å². The van der Waals surface area contributed by atoms with E-state index in [1.807, 2.05) is 18.2 Å². The van der Waals surface area contributed by atoms with Crippen molar-refractivity contribution in [1.29, 1.82) is 0 Å². The lowest BCUT2D eigenvalue weighted by Gasteiger charge is -2.20. The Kier molecular flexibility index (Phi) is 4.91. The van der Waals surface area contributed by atoms with Crippen molar-refractivity contribution in [2.45, 2.75) is 59.2 Å². The van der Waals surface area contributed by atoms with E-state index in [1.165, 1.54) is 22.3 Å². The van der Waals surface area contributed by atoms with E-state index in [2.05, 4.69) is 55.8 Å². The summed E-state index contributed by atoms with van der Waals surface area (Å²) < 4.78 is 13.6. The minimum atomic E-state index is -0.156. The van der Waals surface area contributed by atoms with Crippen molar-refractivity contribution < 1.29 is 9.47 Å². The minimum absolute atomic E-state index is 0.156. The zero-order chi connectivity index (χ0) is 17.3. The summed E-state index contributed by atoms with van der Waals surface area (Å²) in [5.74, 6) is 2.03. The molecule has 2 aromatic carbocycles. The van der Waals surface area contributed by atoms with Gasteiger partial charge in [0.1, 0.15) is 23.7 Å². The van der Waals surface area contributed by atoms with Crippen LogP contribution in [-0.4, -0.2) is 5.60 Å². The van der Waals surface area contributed by atoms with E-state index >= 15 is 0 Å². The maximum absolute atomic E-state index is 6.30. The van der Waals surface area contributed by atoms with Crippen molar-refractivity contribution in [2.24, 2.45) is 0 Å². The van der Waals surface area contributed by atoms with Crippen LogP contribution >= 0.6 is 15.9 Å². The van der Waals surface area contributed by atoms with Crippen molar-refractivity contribution in [1.82, 2.24) is 0 Å². The molecule has 1 aliphatic rings. The Morgan fingerprint density at radius 3 is 2.58 bits per heavy atom. The fourth-order valence-corrected chi connectivity index (χ4v) is 4.06. The van der Waals surface area contributed by atoms with Gasteiger partial charge in [0.2, 0.25) is 0 Å². The zero-order valence-corrected chi connectivity index (χ0v) is 16.5. The SMILES string of the molecule is CCCc1c(Br)c2c(c(C)c1OCc1ccccc1)CC(C)(C)O2. The zero-order valence-electron chi connectivity index (χ0n) is 14.9. The van der Waals surface area contributed by atoms with Crippen LogP contribution in [0.5, 0.6) is 11.5 Å². The summed E-state index contributed by atoms with van der Waals surface area (Å²) in [5, 5.41) is 0. The van der Waals surface area contributed by atoms with Gasteiger partial charge in [0.15, 0.2) is 0 Å². The van der Waals surface area contributed by atoms with Crippen molar-refractivity contribution >= 4 is 15.9 Å². The molecule has 0 N–H and O–H groups in total. The molecular formula is C21H25BrO2. The largest absolute Gasteiger partial charge is 0.488 e. The standard InChI is InChI=1S/C21H25BrO2/c1-5-9-16-18(22)20-17(12-21(3,4)24-20)14(2)19(16)23-13-15-10-7-6-8-11-15/h6-8,10-11H,5,9,12-13H2,1-4H3. The molecule has 0 aliphatic carbocycles. The maximum Gasteiger partial charge on any atom is 0.138 e. The number of rotatable bonds is 5. The molecule has 0 unspecified atom stereocenters. The highest BCUT2D eigenvalue weighted by atomic mass is 79.9.